The molecule has 2 aliphatic rings. The Bertz CT molecular complexity index is 325. The van der Waals surface area contributed by atoms with Crippen molar-refractivity contribution in [1.82, 2.24) is 4.90 Å². The molecule has 2 nitrogen and oxygen atoms in total. The summed E-state index contributed by atoms with van der Waals surface area (Å²) in [5.41, 5.74) is 0.103. The van der Waals surface area contributed by atoms with Crippen LogP contribution in [-0.2, 0) is 0 Å². The second-order valence-corrected chi connectivity index (χ2v) is 7.53. The maximum atomic E-state index is 10.5. The van der Waals surface area contributed by atoms with E-state index in [-0.39, 0.29) is 11.6 Å². The van der Waals surface area contributed by atoms with Crippen LogP contribution in [0.1, 0.15) is 47.0 Å². The zero-order valence-electron chi connectivity index (χ0n) is 13.1. The molecular weight excluding hydrogens is 234 g/mol. The molecule has 1 saturated carbocycles. The van der Waals surface area contributed by atoms with Gasteiger partial charge in [0.1, 0.15) is 0 Å². The van der Waals surface area contributed by atoms with Crippen molar-refractivity contribution in [3.05, 3.63) is 12.7 Å². The molecule has 0 aromatic heterocycles. The van der Waals surface area contributed by atoms with Gasteiger partial charge in [0.2, 0.25) is 0 Å². The monoisotopic (exact) mass is 265 g/mol. The van der Waals surface area contributed by atoms with E-state index >= 15 is 0 Å². The molecule has 0 radical (unpaired) electrons. The molecule has 0 aromatic carbocycles. The molecular formula is C17H31NO. The number of aliphatic hydroxyl groups is 1. The number of nitrogens with zero attached hydrogens (tertiary/aromatic N) is 1. The van der Waals surface area contributed by atoms with E-state index in [2.05, 4.69) is 45.2 Å². The highest BCUT2D eigenvalue weighted by Gasteiger charge is 2.44. The lowest BCUT2D eigenvalue weighted by Crippen LogP contribution is -2.53. The highest BCUT2D eigenvalue weighted by molar-refractivity contribution is 5.01. The van der Waals surface area contributed by atoms with Crippen molar-refractivity contribution in [2.24, 2.45) is 23.7 Å². The van der Waals surface area contributed by atoms with Crippen LogP contribution < -0.4 is 0 Å². The first-order valence-electron chi connectivity index (χ1n) is 7.92. The predicted molar refractivity (Wildman–Crippen MR) is 81.0 cm³/mol. The number of hydrogen-bond donors (Lipinski definition) is 1. The van der Waals surface area contributed by atoms with E-state index in [9.17, 15) is 5.11 Å². The lowest BCUT2D eigenvalue weighted by atomic mass is 9.71. The zero-order valence-corrected chi connectivity index (χ0v) is 13.1. The third-order valence-corrected chi connectivity index (χ3v) is 5.77. The minimum Gasteiger partial charge on any atom is -0.393 e. The van der Waals surface area contributed by atoms with Crippen molar-refractivity contribution in [3.8, 4) is 0 Å². The Kier molecular flexibility index (Phi) is 4.42. The van der Waals surface area contributed by atoms with Crippen LogP contribution in [0.3, 0.4) is 0 Å². The summed E-state index contributed by atoms with van der Waals surface area (Å²) in [4.78, 5) is 2.59. The van der Waals surface area contributed by atoms with E-state index in [4.69, 9.17) is 0 Å². The van der Waals surface area contributed by atoms with Crippen LogP contribution in [-0.4, -0.2) is 34.7 Å². The smallest absolute Gasteiger partial charge is 0.0588 e. The number of likely N-dealkylation sites (tertiary alicyclic amines) is 1. The predicted octanol–water partition coefficient (Wildman–Crippen LogP) is 3.32. The van der Waals surface area contributed by atoms with Gasteiger partial charge in [-0.2, -0.15) is 0 Å². The first kappa shape index (κ1) is 15.1. The zero-order chi connectivity index (χ0) is 14.2. The normalized spacial score (nSPS) is 41.4. The average Bonchev–Trinajstić information content (AvgIpc) is 2.70. The van der Waals surface area contributed by atoms with Crippen molar-refractivity contribution in [1.29, 1.82) is 0 Å². The second kappa shape index (κ2) is 5.57. The fourth-order valence-electron chi connectivity index (χ4n) is 4.18. The highest BCUT2D eigenvalue weighted by Crippen LogP contribution is 2.41. The maximum absolute atomic E-state index is 10.5. The molecule has 2 heteroatoms. The van der Waals surface area contributed by atoms with Gasteiger partial charge >= 0.3 is 0 Å². The van der Waals surface area contributed by atoms with Crippen LogP contribution in [0.2, 0.25) is 0 Å². The third kappa shape index (κ3) is 2.90. The van der Waals surface area contributed by atoms with Gasteiger partial charge in [-0.1, -0.05) is 26.3 Å². The summed E-state index contributed by atoms with van der Waals surface area (Å²) >= 11 is 0. The SMILES string of the molecule is C=C[C@H]1CN(C(C)(C)[C@@H]2CC[C@@H](C)C[C@H]2O)C[C@H]1C. The summed E-state index contributed by atoms with van der Waals surface area (Å²) in [5.74, 6) is 2.40. The third-order valence-electron chi connectivity index (χ3n) is 5.77. The molecule has 19 heavy (non-hydrogen) atoms. The summed E-state index contributed by atoms with van der Waals surface area (Å²) in [6.07, 6.45) is 5.39. The van der Waals surface area contributed by atoms with E-state index in [1.807, 2.05) is 0 Å². The Morgan fingerprint density at radius 3 is 2.42 bits per heavy atom. The van der Waals surface area contributed by atoms with Crippen molar-refractivity contribution in [2.75, 3.05) is 13.1 Å². The Labute approximate surface area is 118 Å². The molecule has 0 bridgehead atoms. The largest absolute Gasteiger partial charge is 0.393 e. The molecule has 5 atom stereocenters. The van der Waals surface area contributed by atoms with Crippen molar-refractivity contribution in [3.63, 3.8) is 0 Å². The molecule has 0 aromatic rings. The van der Waals surface area contributed by atoms with Crippen molar-refractivity contribution >= 4 is 0 Å². The molecule has 1 aliphatic carbocycles. The molecule has 2 fully saturated rings. The molecule has 0 spiro atoms. The van der Waals surface area contributed by atoms with Gasteiger partial charge in [0.05, 0.1) is 6.10 Å². The van der Waals surface area contributed by atoms with Crippen molar-refractivity contribution < 1.29 is 5.11 Å². The lowest BCUT2D eigenvalue weighted by Gasteiger charge is -2.47. The van der Waals surface area contributed by atoms with Gasteiger partial charge in [-0.15, -0.1) is 6.58 Å². The molecule has 1 N–H and O–H groups in total. The van der Waals surface area contributed by atoms with E-state index in [0.717, 1.165) is 19.5 Å². The van der Waals surface area contributed by atoms with E-state index in [0.29, 0.717) is 23.7 Å². The number of rotatable bonds is 3. The fourth-order valence-corrected chi connectivity index (χ4v) is 4.18. The van der Waals surface area contributed by atoms with Gasteiger partial charge in [0, 0.05) is 24.5 Å². The molecule has 110 valence electrons. The molecule has 1 saturated heterocycles. The average molecular weight is 265 g/mol. The van der Waals surface area contributed by atoms with E-state index in [1.165, 1.54) is 12.8 Å². The quantitative estimate of drug-likeness (QED) is 0.791. The molecule has 0 amide bonds. The summed E-state index contributed by atoms with van der Waals surface area (Å²) in [5, 5.41) is 10.5. The molecule has 0 unspecified atom stereocenters. The summed E-state index contributed by atoms with van der Waals surface area (Å²) < 4.78 is 0. The van der Waals surface area contributed by atoms with Gasteiger partial charge in [-0.25, -0.2) is 0 Å². The minimum absolute atomic E-state index is 0.103. The Balaban J connectivity index is 2.07. The summed E-state index contributed by atoms with van der Waals surface area (Å²) in [6, 6.07) is 0. The molecule has 1 aliphatic heterocycles. The number of hydrogen-bond acceptors (Lipinski definition) is 2. The van der Waals surface area contributed by atoms with Gasteiger partial charge in [-0.05, 0) is 44.4 Å². The molecule has 1 heterocycles. The van der Waals surface area contributed by atoms with Gasteiger partial charge in [0.15, 0.2) is 0 Å². The van der Waals surface area contributed by atoms with Gasteiger partial charge in [-0.3, -0.25) is 4.90 Å². The summed E-state index contributed by atoms with van der Waals surface area (Å²) in [6.45, 7) is 15.5. The number of aliphatic hydroxyl groups excluding tert-OH is 1. The Morgan fingerprint density at radius 1 is 1.21 bits per heavy atom. The molecule has 2 rings (SSSR count). The van der Waals surface area contributed by atoms with E-state index in [1.54, 1.807) is 0 Å². The van der Waals surface area contributed by atoms with E-state index < -0.39 is 0 Å². The minimum atomic E-state index is -0.128. The summed E-state index contributed by atoms with van der Waals surface area (Å²) in [7, 11) is 0. The van der Waals surface area contributed by atoms with Crippen LogP contribution in [0, 0.1) is 23.7 Å². The standard InChI is InChI=1S/C17H31NO/c1-6-14-11-18(10-13(14)3)17(4,5)15-8-7-12(2)9-16(15)19/h6,12-16,19H,1,7-11H2,2-5H3/t12-,13-,14+,15-,16-/m1/s1. The first-order chi connectivity index (χ1) is 8.86. The van der Waals surface area contributed by atoms with Crippen LogP contribution in [0.15, 0.2) is 12.7 Å². The second-order valence-electron chi connectivity index (χ2n) is 7.53. The Morgan fingerprint density at radius 2 is 1.89 bits per heavy atom. The topological polar surface area (TPSA) is 23.5 Å². The van der Waals surface area contributed by atoms with Crippen LogP contribution in [0.25, 0.3) is 0 Å². The highest BCUT2D eigenvalue weighted by atomic mass is 16.3. The lowest BCUT2D eigenvalue weighted by molar-refractivity contribution is -0.0381. The van der Waals surface area contributed by atoms with Crippen LogP contribution in [0.4, 0.5) is 0 Å². The van der Waals surface area contributed by atoms with Crippen LogP contribution in [0.5, 0.6) is 0 Å². The first-order valence-corrected chi connectivity index (χ1v) is 7.92. The fraction of sp³-hybridized carbons (Fsp3) is 0.882. The maximum Gasteiger partial charge on any atom is 0.0588 e. The van der Waals surface area contributed by atoms with Crippen molar-refractivity contribution in [2.45, 2.75) is 58.6 Å². The van der Waals surface area contributed by atoms with Gasteiger partial charge in [0.25, 0.3) is 0 Å². The van der Waals surface area contributed by atoms with Gasteiger partial charge < -0.3 is 5.11 Å². The van der Waals surface area contributed by atoms with Crippen LogP contribution >= 0.6 is 0 Å². The Hall–Kier alpha value is -0.340.